The summed E-state index contributed by atoms with van der Waals surface area (Å²) < 4.78 is 0. The van der Waals surface area contributed by atoms with Crippen molar-refractivity contribution in [1.82, 2.24) is 10.2 Å². The minimum atomic E-state index is -0.0829. The Hall–Kier alpha value is -2.31. The Morgan fingerprint density at radius 3 is 2.43 bits per heavy atom. The van der Waals surface area contributed by atoms with E-state index >= 15 is 0 Å². The number of fused-ring (bicyclic) bond motifs is 3. The number of benzene rings is 2. The van der Waals surface area contributed by atoms with E-state index in [1.807, 2.05) is 48.5 Å². The molecule has 0 unspecified atom stereocenters. The molecule has 3 heterocycles. The predicted molar refractivity (Wildman–Crippen MR) is 112 cm³/mol. The second-order valence-corrected chi connectivity index (χ2v) is 8.70. The molecule has 3 aliphatic heterocycles. The molecular formula is C22H25N3O2S. The van der Waals surface area contributed by atoms with Crippen LogP contribution in [0.5, 0.6) is 0 Å². The van der Waals surface area contributed by atoms with Gasteiger partial charge in [0.2, 0.25) is 5.91 Å². The summed E-state index contributed by atoms with van der Waals surface area (Å²) in [5.74, 6) is 0.558. The lowest BCUT2D eigenvalue weighted by atomic mass is 9.84. The smallest absolute Gasteiger partial charge is 0.251 e. The van der Waals surface area contributed by atoms with Gasteiger partial charge in [-0.3, -0.25) is 9.59 Å². The van der Waals surface area contributed by atoms with Gasteiger partial charge in [-0.15, -0.1) is 0 Å². The van der Waals surface area contributed by atoms with Crippen molar-refractivity contribution in [2.24, 2.45) is 5.92 Å². The van der Waals surface area contributed by atoms with Gasteiger partial charge in [0.1, 0.15) is 0 Å². The molecule has 6 heteroatoms. The Kier molecular flexibility index (Phi) is 5.69. The molecule has 2 aromatic carbocycles. The molecule has 2 aromatic rings. The summed E-state index contributed by atoms with van der Waals surface area (Å²) in [7, 11) is 0. The summed E-state index contributed by atoms with van der Waals surface area (Å²) in [5.41, 5.74) is 1.49. The Bertz CT molecular complexity index is 860. The lowest BCUT2D eigenvalue weighted by molar-refractivity contribution is -0.114. The van der Waals surface area contributed by atoms with Crippen molar-refractivity contribution in [3.05, 3.63) is 54.1 Å². The van der Waals surface area contributed by atoms with Crippen LogP contribution in [0.25, 0.3) is 0 Å². The number of piperidine rings is 3. The monoisotopic (exact) mass is 395 g/mol. The average molecular weight is 396 g/mol. The van der Waals surface area contributed by atoms with Gasteiger partial charge in [-0.05, 0) is 74.3 Å². The van der Waals surface area contributed by atoms with Crippen molar-refractivity contribution < 1.29 is 9.59 Å². The van der Waals surface area contributed by atoms with Gasteiger partial charge in [-0.25, -0.2) is 0 Å². The minimum absolute atomic E-state index is 0.0166. The molecule has 3 aliphatic rings. The second kappa shape index (κ2) is 8.37. The molecule has 3 fully saturated rings. The topological polar surface area (TPSA) is 61.4 Å². The zero-order valence-corrected chi connectivity index (χ0v) is 16.8. The Balaban J connectivity index is 1.37. The van der Waals surface area contributed by atoms with Crippen LogP contribution in [0.2, 0.25) is 0 Å². The largest absolute Gasteiger partial charge is 0.348 e. The highest BCUT2D eigenvalue weighted by molar-refractivity contribution is 7.99. The maximum absolute atomic E-state index is 12.6. The molecule has 2 bridgehead atoms. The van der Waals surface area contributed by atoms with Crippen LogP contribution in [0.3, 0.4) is 0 Å². The van der Waals surface area contributed by atoms with Gasteiger partial charge >= 0.3 is 0 Å². The molecule has 0 aromatic heterocycles. The number of carbonyl (C=O) groups is 2. The van der Waals surface area contributed by atoms with E-state index in [0.717, 1.165) is 22.0 Å². The summed E-state index contributed by atoms with van der Waals surface area (Å²) in [4.78, 5) is 28.4. The van der Waals surface area contributed by atoms with Gasteiger partial charge in [-0.1, -0.05) is 17.8 Å². The molecule has 146 valence electrons. The number of nitrogens with zero attached hydrogens (tertiary/aromatic N) is 1. The van der Waals surface area contributed by atoms with Gasteiger partial charge in [-0.2, -0.15) is 0 Å². The highest BCUT2D eigenvalue weighted by Crippen LogP contribution is 2.30. The average Bonchev–Trinajstić information content (AvgIpc) is 2.69. The Labute approximate surface area is 169 Å². The zero-order chi connectivity index (χ0) is 19.5. The Morgan fingerprint density at radius 2 is 1.79 bits per heavy atom. The first kappa shape index (κ1) is 19.0. The quantitative estimate of drug-likeness (QED) is 0.812. The maximum atomic E-state index is 12.6. The molecule has 0 radical (unpaired) electrons. The van der Waals surface area contributed by atoms with Crippen LogP contribution in [0.1, 0.15) is 30.1 Å². The van der Waals surface area contributed by atoms with Gasteiger partial charge in [0.05, 0.1) is 0 Å². The lowest BCUT2D eigenvalue weighted by Gasteiger charge is -2.44. The van der Waals surface area contributed by atoms with Crippen LogP contribution in [-0.2, 0) is 4.79 Å². The van der Waals surface area contributed by atoms with Crippen LogP contribution in [0.15, 0.2) is 58.3 Å². The van der Waals surface area contributed by atoms with E-state index in [2.05, 4.69) is 15.5 Å². The molecule has 2 amide bonds. The van der Waals surface area contributed by atoms with Crippen LogP contribution in [0, 0.1) is 5.92 Å². The van der Waals surface area contributed by atoms with Crippen molar-refractivity contribution in [1.29, 1.82) is 0 Å². The Morgan fingerprint density at radius 1 is 1.04 bits per heavy atom. The molecular weight excluding hydrogens is 370 g/mol. The van der Waals surface area contributed by atoms with Crippen molar-refractivity contribution in [3.63, 3.8) is 0 Å². The van der Waals surface area contributed by atoms with Gasteiger partial charge in [0, 0.05) is 40.6 Å². The fraction of sp³-hybridized carbons (Fsp3) is 0.364. The molecule has 0 spiro atoms. The summed E-state index contributed by atoms with van der Waals surface area (Å²) in [5, 5.41) is 6.03. The van der Waals surface area contributed by atoms with E-state index in [0.29, 0.717) is 11.5 Å². The van der Waals surface area contributed by atoms with Crippen molar-refractivity contribution in [2.45, 2.75) is 35.6 Å². The van der Waals surface area contributed by atoms with E-state index < -0.39 is 0 Å². The molecule has 28 heavy (non-hydrogen) atoms. The minimum Gasteiger partial charge on any atom is -0.348 e. The van der Waals surface area contributed by atoms with Crippen LogP contribution >= 0.6 is 11.8 Å². The third-order valence-electron chi connectivity index (χ3n) is 5.48. The fourth-order valence-electron chi connectivity index (χ4n) is 4.03. The number of anilines is 1. The number of hydrogen-bond donors (Lipinski definition) is 2. The molecule has 2 N–H and O–H groups in total. The molecule has 3 saturated heterocycles. The molecule has 1 atom stereocenters. The van der Waals surface area contributed by atoms with Crippen LogP contribution < -0.4 is 10.6 Å². The number of nitrogens with one attached hydrogen (secondary N) is 2. The number of carbonyl (C=O) groups excluding carboxylic acids is 2. The third kappa shape index (κ3) is 4.56. The fourth-order valence-corrected chi connectivity index (χ4v) is 4.91. The van der Waals surface area contributed by atoms with Gasteiger partial charge < -0.3 is 15.5 Å². The summed E-state index contributed by atoms with van der Waals surface area (Å²) >= 11 is 1.61. The molecule has 5 rings (SSSR count). The van der Waals surface area contributed by atoms with E-state index in [-0.39, 0.29) is 17.9 Å². The van der Waals surface area contributed by atoms with E-state index in [1.54, 1.807) is 11.8 Å². The maximum Gasteiger partial charge on any atom is 0.251 e. The molecule has 5 nitrogen and oxygen atoms in total. The number of amides is 2. The lowest BCUT2D eigenvalue weighted by Crippen LogP contribution is -2.57. The van der Waals surface area contributed by atoms with Gasteiger partial charge in [0.25, 0.3) is 5.91 Å². The number of rotatable bonds is 5. The van der Waals surface area contributed by atoms with E-state index in [4.69, 9.17) is 0 Å². The van der Waals surface area contributed by atoms with E-state index in [9.17, 15) is 9.59 Å². The van der Waals surface area contributed by atoms with E-state index in [1.165, 1.54) is 32.9 Å². The predicted octanol–water partition coefficient (Wildman–Crippen LogP) is 3.62. The first-order valence-corrected chi connectivity index (χ1v) is 10.6. The van der Waals surface area contributed by atoms with Crippen LogP contribution in [0.4, 0.5) is 5.69 Å². The third-order valence-corrected chi connectivity index (χ3v) is 6.48. The first-order chi connectivity index (χ1) is 13.6. The van der Waals surface area contributed by atoms with Crippen molar-refractivity contribution in [3.8, 4) is 0 Å². The van der Waals surface area contributed by atoms with Crippen LogP contribution in [-0.4, -0.2) is 42.4 Å². The highest BCUT2D eigenvalue weighted by Gasteiger charge is 2.34. The SMILES string of the molecule is CC(=O)Nc1cccc(Sc2ccc(C(=O)N[C@H]3CN4CCC3CC4)cc2)c1. The van der Waals surface area contributed by atoms with Gasteiger partial charge in [0.15, 0.2) is 0 Å². The zero-order valence-electron chi connectivity index (χ0n) is 16.0. The number of hydrogen-bond acceptors (Lipinski definition) is 4. The summed E-state index contributed by atoms with van der Waals surface area (Å²) in [6.45, 7) is 4.83. The first-order valence-electron chi connectivity index (χ1n) is 9.75. The second-order valence-electron chi connectivity index (χ2n) is 7.55. The molecule has 0 aliphatic carbocycles. The van der Waals surface area contributed by atoms with Crippen molar-refractivity contribution >= 4 is 29.3 Å². The normalized spacial score (nSPS) is 23.2. The van der Waals surface area contributed by atoms with Crippen molar-refractivity contribution in [2.75, 3.05) is 25.0 Å². The highest BCUT2D eigenvalue weighted by atomic mass is 32.2. The molecule has 0 saturated carbocycles. The standard InChI is InChI=1S/C22H25N3O2S/c1-15(26)23-18-3-2-4-20(13-18)28-19-7-5-17(6-8-19)22(27)24-21-14-25-11-9-16(21)10-12-25/h2-8,13,16,21H,9-12,14H2,1H3,(H,23,26)(H,24,27)/t21-/m0/s1. The summed E-state index contributed by atoms with van der Waals surface area (Å²) in [6, 6.07) is 15.7. The summed E-state index contributed by atoms with van der Waals surface area (Å²) in [6.07, 6.45) is 2.39.